The lowest BCUT2D eigenvalue weighted by Crippen LogP contribution is -2.38. The molecule has 1 unspecified atom stereocenters. The van der Waals surface area contributed by atoms with Crippen molar-refractivity contribution in [3.8, 4) is 22.9 Å². The molecule has 7 nitrogen and oxygen atoms in total. The van der Waals surface area contributed by atoms with E-state index in [9.17, 15) is 20.1 Å². The number of pyridine rings is 1. The Morgan fingerprint density at radius 3 is 2.39 bits per heavy atom. The number of benzene rings is 3. The maximum Gasteiger partial charge on any atom is 0.238 e. The Morgan fingerprint density at radius 1 is 1.05 bits per heavy atom. The normalized spacial score (nSPS) is 11.3. The monoisotopic (exact) mass is 525 g/mol. The second-order valence-electron chi connectivity index (χ2n) is 8.67. The Kier molecular flexibility index (Phi) is 8.05. The second kappa shape index (κ2) is 11.6. The van der Waals surface area contributed by atoms with Crippen LogP contribution in [0.1, 0.15) is 40.0 Å². The third-order valence-corrected chi connectivity index (χ3v) is 6.41. The molecule has 0 aliphatic heterocycles. The molecule has 0 spiro atoms. The number of nitrogens with one attached hydrogen (secondary N) is 1. The summed E-state index contributed by atoms with van der Waals surface area (Å²) in [5.74, 6) is -1.03. The highest BCUT2D eigenvalue weighted by Gasteiger charge is 2.31. The molecule has 4 rings (SSSR count). The van der Waals surface area contributed by atoms with Crippen LogP contribution in [0.5, 0.6) is 5.75 Å². The fourth-order valence-electron chi connectivity index (χ4n) is 4.19. The van der Waals surface area contributed by atoms with Crippen molar-refractivity contribution in [1.29, 1.82) is 5.26 Å². The van der Waals surface area contributed by atoms with Crippen molar-refractivity contribution in [1.82, 2.24) is 0 Å². The summed E-state index contributed by atoms with van der Waals surface area (Å²) in [7, 11) is 1.46. The zero-order chi connectivity index (χ0) is 27.2. The molecule has 0 aliphatic carbocycles. The first-order chi connectivity index (χ1) is 18.3. The number of aromatic nitrogens is 1. The molecule has 1 N–H and O–H groups in total. The van der Waals surface area contributed by atoms with E-state index >= 15 is 0 Å². The van der Waals surface area contributed by atoms with Gasteiger partial charge in [0.1, 0.15) is 11.7 Å². The minimum Gasteiger partial charge on any atom is -0.618 e. The van der Waals surface area contributed by atoms with Crippen LogP contribution in [-0.2, 0) is 11.2 Å². The number of nitrogens with zero attached hydrogens (tertiary/aromatic N) is 2. The van der Waals surface area contributed by atoms with Gasteiger partial charge in [0.15, 0.2) is 12.0 Å². The van der Waals surface area contributed by atoms with E-state index in [1.165, 1.54) is 26.3 Å². The molecule has 4 aromatic rings. The van der Waals surface area contributed by atoms with Gasteiger partial charge in [-0.25, -0.2) is 0 Å². The number of ether oxygens (including phenoxy) is 1. The molecular formula is C30H24ClN3O4. The van der Waals surface area contributed by atoms with E-state index in [1.54, 1.807) is 42.5 Å². The lowest BCUT2D eigenvalue weighted by atomic mass is 9.93. The van der Waals surface area contributed by atoms with Gasteiger partial charge in [0.25, 0.3) is 0 Å². The second-order valence-corrected chi connectivity index (χ2v) is 9.11. The first-order valence-corrected chi connectivity index (χ1v) is 12.2. The van der Waals surface area contributed by atoms with Crippen molar-refractivity contribution in [3.63, 3.8) is 0 Å². The van der Waals surface area contributed by atoms with E-state index in [4.69, 9.17) is 16.3 Å². The lowest BCUT2D eigenvalue weighted by Gasteiger charge is -2.19. The standard InChI is InChI=1S/C30H24ClN3O4/c1-19(35)21-9-12-24(13-10-21)33-30(36)26(14-20-6-4-3-5-7-20)28-16-29(38-2)27(18-34(28)37)25-15-23(31)11-8-22(25)17-32/h3-13,15-16,18,26H,14H2,1-2H3,(H,33,36). The van der Waals surface area contributed by atoms with Crippen LogP contribution in [0, 0.1) is 16.5 Å². The number of amides is 1. The summed E-state index contributed by atoms with van der Waals surface area (Å²) in [4.78, 5) is 25.2. The van der Waals surface area contributed by atoms with Gasteiger partial charge >= 0.3 is 0 Å². The molecule has 0 saturated carbocycles. The highest BCUT2D eigenvalue weighted by atomic mass is 35.5. The molecule has 0 aliphatic rings. The van der Waals surface area contributed by atoms with Gasteiger partial charge in [-0.15, -0.1) is 0 Å². The predicted molar refractivity (Wildman–Crippen MR) is 145 cm³/mol. The summed E-state index contributed by atoms with van der Waals surface area (Å²) >= 11 is 6.17. The predicted octanol–water partition coefficient (Wildman–Crippen LogP) is 5.69. The van der Waals surface area contributed by atoms with E-state index in [0.717, 1.165) is 5.56 Å². The van der Waals surface area contributed by atoms with Crippen molar-refractivity contribution in [2.75, 3.05) is 12.4 Å². The zero-order valence-corrected chi connectivity index (χ0v) is 21.5. The van der Waals surface area contributed by atoms with Crippen LogP contribution >= 0.6 is 11.6 Å². The number of Topliss-reactive ketones (excluding diaryl/α,β-unsaturated/α-hetero) is 1. The molecule has 1 amide bonds. The van der Waals surface area contributed by atoms with Crippen LogP contribution in [0.15, 0.2) is 85.1 Å². The molecule has 1 heterocycles. The fraction of sp³-hybridized carbons (Fsp3) is 0.133. The van der Waals surface area contributed by atoms with Crippen molar-refractivity contribution < 1.29 is 19.1 Å². The summed E-state index contributed by atoms with van der Waals surface area (Å²) < 4.78 is 6.23. The maximum atomic E-state index is 13.6. The van der Waals surface area contributed by atoms with Crippen molar-refractivity contribution >= 4 is 29.0 Å². The SMILES string of the molecule is COc1cc(C(Cc2ccccc2)C(=O)Nc2ccc(C(C)=O)cc2)[n+]([O-])cc1-c1cc(Cl)ccc1C#N. The van der Waals surface area contributed by atoms with E-state index < -0.39 is 11.8 Å². The third-order valence-electron chi connectivity index (χ3n) is 6.17. The van der Waals surface area contributed by atoms with Crippen LogP contribution in [0.25, 0.3) is 11.1 Å². The summed E-state index contributed by atoms with van der Waals surface area (Å²) in [6.45, 7) is 1.47. The number of methoxy groups -OCH3 is 1. The van der Waals surface area contributed by atoms with Crippen LogP contribution < -0.4 is 14.8 Å². The number of halogens is 1. The molecule has 38 heavy (non-hydrogen) atoms. The molecule has 1 aromatic heterocycles. The summed E-state index contributed by atoms with van der Waals surface area (Å²) in [6.07, 6.45) is 1.55. The van der Waals surface area contributed by atoms with E-state index in [1.807, 2.05) is 30.3 Å². The number of hydrogen-bond donors (Lipinski definition) is 1. The smallest absolute Gasteiger partial charge is 0.238 e. The minimum absolute atomic E-state index is 0.0799. The number of carbonyl (C=O) groups is 2. The average Bonchev–Trinajstić information content (AvgIpc) is 2.92. The number of anilines is 1. The third kappa shape index (κ3) is 5.83. The summed E-state index contributed by atoms with van der Waals surface area (Å²) in [6, 6.07) is 24.3. The Hall–Kier alpha value is -4.67. The van der Waals surface area contributed by atoms with Gasteiger partial charge in [-0.05, 0) is 61.4 Å². The number of rotatable bonds is 8. The summed E-state index contributed by atoms with van der Waals surface area (Å²) in [5, 5.41) is 26.2. The molecule has 0 saturated heterocycles. The minimum atomic E-state index is -0.875. The highest BCUT2D eigenvalue weighted by molar-refractivity contribution is 6.31. The van der Waals surface area contributed by atoms with Crippen LogP contribution in [0.4, 0.5) is 5.69 Å². The lowest BCUT2D eigenvalue weighted by molar-refractivity contribution is -0.614. The van der Waals surface area contributed by atoms with Crippen LogP contribution in [0.2, 0.25) is 5.02 Å². The maximum absolute atomic E-state index is 13.6. The Labute approximate surface area is 225 Å². The van der Waals surface area contributed by atoms with E-state index in [-0.39, 0.29) is 17.9 Å². The van der Waals surface area contributed by atoms with Crippen molar-refractivity contribution in [3.05, 3.63) is 118 Å². The Morgan fingerprint density at radius 2 is 1.76 bits per heavy atom. The first-order valence-electron chi connectivity index (χ1n) is 11.8. The molecule has 3 aromatic carbocycles. The van der Waals surface area contributed by atoms with E-state index in [2.05, 4.69) is 11.4 Å². The zero-order valence-electron chi connectivity index (χ0n) is 20.8. The molecule has 8 heteroatoms. The average molecular weight is 526 g/mol. The van der Waals surface area contributed by atoms with Gasteiger partial charge in [0, 0.05) is 21.8 Å². The number of carbonyl (C=O) groups excluding carboxylic acids is 2. The Balaban J connectivity index is 1.77. The number of nitriles is 1. The molecule has 1 atom stereocenters. The number of ketones is 1. The molecule has 190 valence electrons. The molecule has 0 bridgehead atoms. The molecular weight excluding hydrogens is 502 g/mol. The summed E-state index contributed by atoms with van der Waals surface area (Å²) in [5.41, 5.74) is 3.22. The van der Waals surface area contributed by atoms with Crippen LogP contribution in [0.3, 0.4) is 0 Å². The van der Waals surface area contributed by atoms with Crippen molar-refractivity contribution in [2.45, 2.75) is 19.3 Å². The van der Waals surface area contributed by atoms with Gasteiger partial charge < -0.3 is 15.3 Å². The van der Waals surface area contributed by atoms with Crippen molar-refractivity contribution in [2.24, 2.45) is 0 Å². The highest BCUT2D eigenvalue weighted by Crippen LogP contribution is 2.35. The largest absolute Gasteiger partial charge is 0.618 e. The topological polar surface area (TPSA) is 106 Å². The quantitative estimate of drug-likeness (QED) is 0.181. The Bertz CT molecular complexity index is 1530. The van der Waals surface area contributed by atoms with Gasteiger partial charge in [-0.1, -0.05) is 41.9 Å². The molecule has 0 fully saturated rings. The van der Waals surface area contributed by atoms with E-state index in [0.29, 0.717) is 43.4 Å². The number of hydrogen-bond acceptors (Lipinski definition) is 5. The fourth-order valence-corrected chi connectivity index (χ4v) is 4.36. The van der Waals surface area contributed by atoms with Crippen LogP contribution in [-0.4, -0.2) is 18.8 Å². The van der Waals surface area contributed by atoms with Gasteiger partial charge in [0.05, 0.1) is 30.4 Å². The van der Waals surface area contributed by atoms with Gasteiger partial charge in [-0.3, -0.25) is 9.59 Å². The van der Waals surface area contributed by atoms with Gasteiger partial charge in [0.2, 0.25) is 11.6 Å². The van der Waals surface area contributed by atoms with Gasteiger partial charge in [-0.2, -0.15) is 9.99 Å². The molecule has 0 radical (unpaired) electrons. The first kappa shape index (κ1) is 26.4.